The summed E-state index contributed by atoms with van der Waals surface area (Å²) in [5.74, 6) is 0. The van der Waals surface area contributed by atoms with Gasteiger partial charge in [0.2, 0.25) is 0 Å². The van der Waals surface area contributed by atoms with Crippen molar-refractivity contribution in [3.63, 3.8) is 0 Å². The number of hydrogen-bond acceptors (Lipinski definition) is 1. The van der Waals surface area contributed by atoms with E-state index in [0.717, 1.165) is 24.2 Å². The molecule has 0 unspecified atom stereocenters. The van der Waals surface area contributed by atoms with Gasteiger partial charge in [-0.25, -0.2) is 0 Å². The summed E-state index contributed by atoms with van der Waals surface area (Å²) in [4.78, 5) is 0. The molecule has 0 aliphatic heterocycles. The van der Waals surface area contributed by atoms with Crippen LogP contribution < -0.4 is 5.32 Å². The topological polar surface area (TPSA) is 12.0 Å². The summed E-state index contributed by atoms with van der Waals surface area (Å²) in [5, 5.41) is 19.1. The van der Waals surface area contributed by atoms with Crippen molar-refractivity contribution < 1.29 is 0 Å². The van der Waals surface area contributed by atoms with Crippen LogP contribution in [0.25, 0.3) is 64.6 Å². The molecule has 0 aromatic heterocycles. The number of benzene rings is 12. The third-order valence-electron chi connectivity index (χ3n) is 12.0. The first-order valence-corrected chi connectivity index (χ1v) is 21.8. The van der Waals surface area contributed by atoms with Crippen molar-refractivity contribution in [2.75, 3.05) is 5.32 Å². The van der Waals surface area contributed by atoms with E-state index in [-0.39, 0.29) is 0 Å². The van der Waals surface area contributed by atoms with Crippen LogP contribution >= 0.6 is 0 Å². The maximum atomic E-state index is 3.59. The van der Waals surface area contributed by atoms with E-state index < -0.39 is 0 Å². The van der Waals surface area contributed by atoms with Gasteiger partial charge in [0, 0.05) is 22.1 Å². The van der Waals surface area contributed by atoms with Crippen molar-refractivity contribution in [2.45, 2.75) is 12.8 Å². The Morgan fingerprint density at radius 2 is 0.540 bits per heavy atom. The van der Waals surface area contributed by atoms with Gasteiger partial charge in [-0.05, 0) is 101 Å². The lowest BCUT2D eigenvalue weighted by molar-refractivity contribution is 1.21. The van der Waals surface area contributed by atoms with Crippen LogP contribution in [0.4, 0.5) is 11.4 Å². The second-order valence-electron chi connectivity index (χ2n) is 16.2. The molecule has 12 aromatic rings. The van der Waals surface area contributed by atoms with Gasteiger partial charge in [-0.3, -0.25) is 0 Å². The average Bonchev–Trinajstić information content (AvgIpc) is 3.35. The van der Waals surface area contributed by atoms with Crippen LogP contribution in [0.3, 0.4) is 0 Å². The van der Waals surface area contributed by atoms with Gasteiger partial charge in [-0.2, -0.15) is 0 Å². The SMILES string of the molecule is c1ccc2c(Nc3cccc4ccccc34)cccc2c1.c1ccc2cc(Cc3ccc4ccccc4c3)ccc2c1.c1ccc2cc(Cc3cccc4ccccc34)ccc2c1. The third-order valence-corrected chi connectivity index (χ3v) is 12.0. The molecule has 1 heteroatoms. The Kier molecular flexibility index (Phi) is 11.4. The highest BCUT2D eigenvalue weighted by Crippen LogP contribution is 2.31. The molecule has 0 bridgehead atoms. The average molecular weight is 806 g/mol. The molecule has 0 heterocycles. The van der Waals surface area contributed by atoms with Gasteiger partial charge in [-0.15, -0.1) is 0 Å². The largest absolute Gasteiger partial charge is 0.355 e. The zero-order valence-corrected chi connectivity index (χ0v) is 35.2. The maximum Gasteiger partial charge on any atom is 0.0464 e. The molecule has 0 saturated carbocycles. The molecule has 12 aromatic carbocycles. The number of anilines is 2. The predicted molar refractivity (Wildman–Crippen MR) is 273 cm³/mol. The van der Waals surface area contributed by atoms with Crippen LogP contribution in [-0.2, 0) is 12.8 Å². The van der Waals surface area contributed by atoms with E-state index in [4.69, 9.17) is 0 Å². The van der Waals surface area contributed by atoms with Gasteiger partial charge in [0.15, 0.2) is 0 Å². The smallest absolute Gasteiger partial charge is 0.0464 e. The summed E-state index contributed by atoms with van der Waals surface area (Å²) in [5.41, 5.74) is 7.77. The fourth-order valence-electron chi connectivity index (χ4n) is 8.76. The summed E-state index contributed by atoms with van der Waals surface area (Å²) in [6, 6.07) is 90.7. The summed E-state index contributed by atoms with van der Waals surface area (Å²) >= 11 is 0. The maximum absolute atomic E-state index is 3.59. The van der Waals surface area contributed by atoms with Crippen molar-refractivity contribution in [3.8, 4) is 0 Å². The van der Waals surface area contributed by atoms with E-state index in [9.17, 15) is 0 Å². The van der Waals surface area contributed by atoms with Crippen LogP contribution in [0.5, 0.6) is 0 Å². The number of hydrogen-bond donors (Lipinski definition) is 1. The normalized spacial score (nSPS) is 11.0. The molecule has 63 heavy (non-hydrogen) atoms. The number of nitrogens with one attached hydrogen (secondary N) is 1. The Hall–Kier alpha value is -8.00. The Labute approximate surface area is 369 Å². The first-order chi connectivity index (χ1) is 31.2. The molecule has 0 fully saturated rings. The van der Waals surface area contributed by atoms with Crippen molar-refractivity contribution in [1.82, 2.24) is 0 Å². The van der Waals surface area contributed by atoms with Crippen LogP contribution in [0, 0.1) is 0 Å². The van der Waals surface area contributed by atoms with Crippen LogP contribution in [0.1, 0.15) is 22.3 Å². The van der Waals surface area contributed by atoms with E-state index in [1.807, 2.05) is 0 Å². The zero-order chi connectivity index (χ0) is 42.2. The highest BCUT2D eigenvalue weighted by atomic mass is 14.9. The minimum Gasteiger partial charge on any atom is -0.355 e. The van der Waals surface area contributed by atoms with Gasteiger partial charge in [0.05, 0.1) is 0 Å². The van der Waals surface area contributed by atoms with Gasteiger partial charge in [0.25, 0.3) is 0 Å². The highest BCUT2D eigenvalue weighted by molar-refractivity contribution is 6.00. The van der Waals surface area contributed by atoms with Gasteiger partial charge >= 0.3 is 0 Å². The van der Waals surface area contributed by atoms with E-state index in [0.29, 0.717) is 0 Å². The second-order valence-corrected chi connectivity index (χ2v) is 16.2. The molecule has 0 spiro atoms. The number of fused-ring (bicyclic) bond motifs is 6. The van der Waals surface area contributed by atoms with Gasteiger partial charge in [0.1, 0.15) is 0 Å². The minimum atomic E-state index is 0.978. The molecule has 1 N–H and O–H groups in total. The Morgan fingerprint density at radius 3 is 0.984 bits per heavy atom. The van der Waals surface area contributed by atoms with Crippen molar-refractivity contribution >= 4 is 76.0 Å². The fraction of sp³-hybridized carbons (Fsp3) is 0.0323. The summed E-state index contributed by atoms with van der Waals surface area (Å²) < 4.78 is 0. The highest BCUT2D eigenvalue weighted by Gasteiger charge is 2.06. The summed E-state index contributed by atoms with van der Waals surface area (Å²) in [6.45, 7) is 0. The molecule has 1 nitrogen and oxygen atoms in total. The van der Waals surface area contributed by atoms with E-state index in [2.05, 4.69) is 260 Å². The predicted octanol–water partition coefficient (Wildman–Crippen LogP) is 16.9. The molecular formula is C62H47N. The van der Waals surface area contributed by atoms with E-state index >= 15 is 0 Å². The lowest BCUT2D eigenvalue weighted by Crippen LogP contribution is -1.92. The molecular weight excluding hydrogens is 759 g/mol. The Balaban J connectivity index is 0.000000112. The standard InChI is InChI=1S/2C21H16.C20H15N/c1-3-7-20-14-16(9-11-18(20)5-1)13-17-10-12-19-6-2-4-8-21(19)15-17;1-2-8-19-14-16(12-13-17(19)6-1)15-20-10-5-9-18-7-3-4-11-21(18)20;1-3-11-17-15(7-1)9-5-13-19(17)21-20-14-6-10-16-8-2-4-12-18(16)20/h1-12,14-15H,13H2;1-14H,15H2;1-14,21H. The van der Waals surface area contributed by atoms with Crippen molar-refractivity contribution in [2.24, 2.45) is 0 Å². The lowest BCUT2D eigenvalue weighted by atomic mass is 9.97. The minimum absolute atomic E-state index is 0.978. The van der Waals surface area contributed by atoms with Crippen LogP contribution in [0.2, 0.25) is 0 Å². The van der Waals surface area contributed by atoms with Crippen LogP contribution in [-0.4, -0.2) is 0 Å². The summed E-state index contributed by atoms with van der Waals surface area (Å²) in [7, 11) is 0. The van der Waals surface area contributed by atoms with E-state index in [1.165, 1.54) is 86.9 Å². The molecule has 300 valence electrons. The third kappa shape index (κ3) is 9.05. The summed E-state index contributed by atoms with van der Waals surface area (Å²) in [6.07, 6.45) is 1.96. The number of rotatable bonds is 6. The molecule has 0 radical (unpaired) electrons. The van der Waals surface area contributed by atoms with E-state index in [1.54, 1.807) is 0 Å². The fourth-order valence-corrected chi connectivity index (χ4v) is 8.76. The van der Waals surface area contributed by atoms with Crippen LogP contribution in [0.15, 0.2) is 255 Å². The molecule has 12 rings (SSSR count). The van der Waals surface area contributed by atoms with Gasteiger partial charge < -0.3 is 5.32 Å². The molecule has 0 aliphatic rings. The second kappa shape index (κ2) is 18.3. The zero-order valence-electron chi connectivity index (χ0n) is 35.2. The molecule has 0 saturated heterocycles. The Morgan fingerprint density at radius 1 is 0.222 bits per heavy atom. The lowest BCUT2D eigenvalue weighted by Gasteiger charge is -2.12. The Bertz CT molecular complexity index is 3320. The monoisotopic (exact) mass is 805 g/mol. The first kappa shape index (κ1) is 39.2. The molecule has 0 amide bonds. The molecule has 0 atom stereocenters. The van der Waals surface area contributed by atoms with Gasteiger partial charge in [-0.1, -0.05) is 243 Å². The van der Waals surface area contributed by atoms with Crippen molar-refractivity contribution in [1.29, 1.82) is 0 Å². The molecule has 0 aliphatic carbocycles. The quantitative estimate of drug-likeness (QED) is 0.176. The first-order valence-electron chi connectivity index (χ1n) is 21.8. The van der Waals surface area contributed by atoms with Crippen molar-refractivity contribution in [3.05, 3.63) is 277 Å².